The Morgan fingerprint density at radius 3 is 2.52 bits per heavy atom. The smallest absolute Gasteiger partial charge is 0.0555 e. The molecule has 1 aliphatic rings. The first-order chi connectivity index (χ1) is 10.2. The van der Waals surface area contributed by atoms with Gasteiger partial charge in [-0.15, -0.1) is 0 Å². The predicted octanol–water partition coefficient (Wildman–Crippen LogP) is 1.77. The number of hydrogen-bond donors (Lipinski definition) is 1. The summed E-state index contributed by atoms with van der Waals surface area (Å²) in [6, 6.07) is 8.51. The minimum absolute atomic E-state index is 0.419. The molecular weight excluding hydrogens is 258 g/mol. The van der Waals surface area contributed by atoms with E-state index < -0.39 is 0 Å². The van der Waals surface area contributed by atoms with Crippen molar-refractivity contribution in [2.75, 3.05) is 39.3 Å². The van der Waals surface area contributed by atoms with Crippen LogP contribution in [-0.4, -0.2) is 49.1 Å². The van der Waals surface area contributed by atoms with Crippen LogP contribution in [0.15, 0.2) is 24.3 Å². The summed E-state index contributed by atoms with van der Waals surface area (Å²) in [7, 11) is 0. The molecule has 1 saturated heterocycles. The molecule has 114 valence electrons. The Morgan fingerprint density at radius 1 is 1.14 bits per heavy atom. The van der Waals surface area contributed by atoms with E-state index in [1.807, 2.05) is 6.07 Å². The number of nitrogens with zero attached hydrogens (tertiary/aromatic N) is 2. The molecule has 0 saturated carbocycles. The molecule has 0 spiro atoms. The molecule has 1 aliphatic heterocycles. The van der Waals surface area contributed by atoms with Gasteiger partial charge in [-0.3, -0.25) is 4.90 Å². The Bertz CT molecular complexity index is 491. The van der Waals surface area contributed by atoms with Crippen LogP contribution in [0, 0.1) is 17.8 Å². The van der Waals surface area contributed by atoms with Gasteiger partial charge in [0.15, 0.2) is 0 Å². The van der Waals surface area contributed by atoms with Gasteiger partial charge in [-0.25, -0.2) is 0 Å². The number of rotatable bonds is 4. The topological polar surface area (TPSA) is 32.5 Å². The van der Waals surface area contributed by atoms with Crippen LogP contribution in [0.1, 0.15) is 25.0 Å². The molecule has 1 aromatic rings. The maximum atomic E-state index is 5.42. The average molecular weight is 285 g/mol. The van der Waals surface area contributed by atoms with Crippen LogP contribution in [0.2, 0.25) is 0 Å². The highest BCUT2D eigenvalue weighted by Crippen LogP contribution is 2.11. The minimum Gasteiger partial charge on any atom is -0.320 e. The zero-order valence-electron chi connectivity index (χ0n) is 13.3. The molecule has 0 unspecified atom stereocenters. The van der Waals surface area contributed by atoms with E-state index in [0.717, 1.165) is 31.1 Å². The van der Waals surface area contributed by atoms with Crippen molar-refractivity contribution in [2.24, 2.45) is 11.7 Å². The first-order valence-electron chi connectivity index (χ1n) is 7.90. The van der Waals surface area contributed by atoms with Crippen molar-refractivity contribution in [1.82, 2.24) is 9.80 Å². The Labute approximate surface area is 129 Å². The number of hydrogen-bond acceptors (Lipinski definition) is 3. The molecule has 0 atom stereocenters. The normalized spacial score (nSPS) is 16.8. The van der Waals surface area contributed by atoms with E-state index in [0.29, 0.717) is 6.54 Å². The van der Waals surface area contributed by atoms with Crippen molar-refractivity contribution in [1.29, 1.82) is 0 Å². The Morgan fingerprint density at radius 2 is 1.86 bits per heavy atom. The van der Waals surface area contributed by atoms with Gasteiger partial charge in [0.25, 0.3) is 0 Å². The fourth-order valence-electron chi connectivity index (χ4n) is 2.81. The highest BCUT2D eigenvalue weighted by molar-refractivity contribution is 5.37. The van der Waals surface area contributed by atoms with E-state index in [1.54, 1.807) is 0 Å². The average Bonchev–Trinajstić information content (AvgIpc) is 2.47. The maximum Gasteiger partial charge on any atom is 0.0555 e. The van der Waals surface area contributed by atoms with Gasteiger partial charge in [-0.05, 0) is 23.6 Å². The summed E-state index contributed by atoms with van der Waals surface area (Å²) in [5, 5.41) is 0. The number of nitrogens with two attached hydrogens (primary N) is 1. The Balaban J connectivity index is 1.86. The summed E-state index contributed by atoms with van der Waals surface area (Å²) in [4.78, 5) is 5.11. The third-order valence-corrected chi connectivity index (χ3v) is 3.76. The van der Waals surface area contributed by atoms with E-state index in [1.165, 1.54) is 25.2 Å². The summed E-state index contributed by atoms with van der Waals surface area (Å²) in [6.07, 6.45) is 0. The second kappa shape index (κ2) is 8.19. The van der Waals surface area contributed by atoms with Crippen LogP contribution in [0.5, 0.6) is 0 Å². The molecule has 1 heterocycles. The highest BCUT2D eigenvalue weighted by Gasteiger charge is 2.17. The van der Waals surface area contributed by atoms with Crippen LogP contribution in [-0.2, 0) is 6.54 Å². The van der Waals surface area contributed by atoms with Gasteiger partial charge in [0.2, 0.25) is 0 Å². The molecule has 0 aromatic heterocycles. The number of piperazine rings is 1. The molecule has 0 amide bonds. The van der Waals surface area contributed by atoms with Gasteiger partial charge in [0.05, 0.1) is 6.54 Å². The lowest BCUT2D eigenvalue weighted by atomic mass is 10.1. The lowest BCUT2D eigenvalue weighted by molar-refractivity contribution is 0.117. The van der Waals surface area contributed by atoms with Crippen molar-refractivity contribution in [3.8, 4) is 11.8 Å². The van der Waals surface area contributed by atoms with E-state index in [-0.39, 0.29) is 0 Å². The minimum atomic E-state index is 0.419. The van der Waals surface area contributed by atoms with Crippen molar-refractivity contribution in [3.63, 3.8) is 0 Å². The third kappa shape index (κ3) is 5.51. The Kier molecular flexibility index (Phi) is 6.25. The third-order valence-electron chi connectivity index (χ3n) is 3.76. The van der Waals surface area contributed by atoms with Crippen LogP contribution < -0.4 is 5.73 Å². The van der Waals surface area contributed by atoms with E-state index in [9.17, 15) is 0 Å². The van der Waals surface area contributed by atoms with Gasteiger partial charge in [-0.1, -0.05) is 37.8 Å². The van der Waals surface area contributed by atoms with Crippen molar-refractivity contribution >= 4 is 0 Å². The fraction of sp³-hybridized carbons (Fsp3) is 0.556. The van der Waals surface area contributed by atoms with Crippen LogP contribution in [0.3, 0.4) is 0 Å². The lowest BCUT2D eigenvalue weighted by Crippen LogP contribution is -2.46. The number of benzene rings is 1. The van der Waals surface area contributed by atoms with Crippen LogP contribution in [0.25, 0.3) is 0 Å². The summed E-state index contributed by atoms with van der Waals surface area (Å²) >= 11 is 0. The van der Waals surface area contributed by atoms with Gasteiger partial charge in [0.1, 0.15) is 0 Å². The first-order valence-corrected chi connectivity index (χ1v) is 7.90. The molecule has 21 heavy (non-hydrogen) atoms. The monoisotopic (exact) mass is 285 g/mol. The van der Waals surface area contributed by atoms with Gasteiger partial charge >= 0.3 is 0 Å². The van der Waals surface area contributed by atoms with Crippen LogP contribution in [0.4, 0.5) is 0 Å². The summed E-state index contributed by atoms with van der Waals surface area (Å²) < 4.78 is 0. The standard InChI is InChI=1S/C18H27N3/c1-16(2)14-20-9-11-21(12-10-20)15-18-6-3-5-17(13-18)7-4-8-19/h3,5-6,13,16H,8-12,14-15,19H2,1-2H3. The largest absolute Gasteiger partial charge is 0.320 e. The molecule has 3 heteroatoms. The van der Waals surface area contributed by atoms with Crippen molar-refractivity contribution in [3.05, 3.63) is 35.4 Å². The van der Waals surface area contributed by atoms with Crippen LogP contribution >= 0.6 is 0 Å². The molecule has 1 aromatic carbocycles. The van der Waals surface area contributed by atoms with Gasteiger partial charge in [0, 0.05) is 44.8 Å². The molecule has 0 bridgehead atoms. The highest BCUT2D eigenvalue weighted by atomic mass is 15.3. The Hall–Kier alpha value is -1.34. The zero-order chi connectivity index (χ0) is 15.1. The second-order valence-corrected chi connectivity index (χ2v) is 6.18. The zero-order valence-corrected chi connectivity index (χ0v) is 13.3. The van der Waals surface area contributed by atoms with Gasteiger partial charge in [-0.2, -0.15) is 0 Å². The van der Waals surface area contributed by atoms with Gasteiger partial charge < -0.3 is 10.6 Å². The molecule has 1 fully saturated rings. The van der Waals surface area contributed by atoms with Crippen molar-refractivity contribution in [2.45, 2.75) is 20.4 Å². The van der Waals surface area contributed by atoms with Crippen molar-refractivity contribution < 1.29 is 0 Å². The molecule has 3 nitrogen and oxygen atoms in total. The van der Waals surface area contributed by atoms with E-state index in [2.05, 4.69) is 53.7 Å². The molecule has 0 aliphatic carbocycles. The first kappa shape index (κ1) is 16.0. The summed E-state index contributed by atoms with van der Waals surface area (Å²) in [6.45, 7) is 11.9. The predicted molar refractivity (Wildman–Crippen MR) is 88.9 cm³/mol. The molecule has 0 radical (unpaired) electrons. The lowest BCUT2D eigenvalue weighted by Gasteiger charge is -2.35. The second-order valence-electron chi connectivity index (χ2n) is 6.18. The van der Waals surface area contributed by atoms with E-state index in [4.69, 9.17) is 5.73 Å². The fourth-order valence-corrected chi connectivity index (χ4v) is 2.81. The molecule has 2 N–H and O–H groups in total. The molecule has 2 rings (SSSR count). The SMILES string of the molecule is CC(C)CN1CCN(Cc2cccc(C#CCN)c2)CC1. The maximum absolute atomic E-state index is 5.42. The quantitative estimate of drug-likeness (QED) is 0.856. The summed E-state index contributed by atoms with van der Waals surface area (Å²) in [5.74, 6) is 6.78. The summed E-state index contributed by atoms with van der Waals surface area (Å²) in [5.41, 5.74) is 7.83. The molecular formula is C18H27N3. The van der Waals surface area contributed by atoms with E-state index >= 15 is 0 Å².